The molecule has 2 rings (SSSR count). The van der Waals surface area contributed by atoms with E-state index in [9.17, 15) is 0 Å². The molecule has 1 aliphatic carbocycles. The molecular formula is C14H25N3. The van der Waals surface area contributed by atoms with Crippen LogP contribution in [0.1, 0.15) is 38.8 Å². The van der Waals surface area contributed by atoms with E-state index < -0.39 is 0 Å². The van der Waals surface area contributed by atoms with E-state index in [1.807, 2.05) is 17.9 Å². The van der Waals surface area contributed by atoms with Gasteiger partial charge >= 0.3 is 0 Å². The number of nitrogens with zero attached hydrogens (tertiary/aromatic N) is 2. The monoisotopic (exact) mass is 235 g/mol. The van der Waals surface area contributed by atoms with Crippen LogP contribution in [0.5, 0.6) is 0 Å². The molecule has 1 aliphatic rings. The lowest BCUT2D eigenvalue weighted by Gasteiger charge is -2.35. The summed E-state index contributed by atoms with van der Waals surface area (Å²) >= 11 is 0. The van der Waals surface area contributed by atoms with Crippen LogP contribution in [0.15, 0.2) is 12.3 Å². The highest BCUT2D eigenvalue weighted by molar-refractivity contribution is 5.02. The summed E-state index contributed by atoms with van der Waals surface area (Å²) in [4.78, 5) is 0. The maximum atomic E-state index is 6.26. The van der Waals surface area contributed by atoms with E-state index in [0.717, 1.165) is 18.3 Å². The molecule has 3 nitrogen and oxygen atoms in total. The van der Waals surface area contributed by atoms with E-state index in [0.29, 0.717) is 12.0 Å². The Morgan fingerprint density at radius 3 is 2.82 bits per heavy atom. The maximum Gasteiger partial charge on any atom is 0.0627 e. The Kier molecular flexibility index (Phi) is 3.87. The quantitative estimate of drug-likeness (QED) is 0.874. The van der Waals surface area contributed by atoms with Gasteiger partial charge in [0.2, 0.25) is 0 Å². The predicted molar refractivity (Wildman–Crippen MR) is 70.6 cm³/mol. The molecule has 0 aromatic carbocycles. The first kappa shape index (κ1) is 12.6. The van der Waals surface area contributed by atoms with Crippen molar-refractivity contribution >= 4 is 0 Å². The normalized spacial score (nSPS) is 29.8. The third-order valence-corrected chi connectivity index (χ3v) is 4.26. The van der Waals surface area contributed by atoms with Crippen LogP contribution < -0.4 is 5.73 Å². The first-order valence-electron chi connectivity index (χ1n) is 6.80. The van der Waals surface area contributed by atoms with Crippen molar-refractivity contribution in [3.05, 3.63) is 18.0 Å². The molecule has 0 aliphatic heterocycles. The van der Waals surface area contributed by atoms with Gasteiger partial charge in [-0.15, -0.1) is 0 Å². The molecule has 2 N–H and O–H groups in total. The molecule has 3 unspecified atom stereocenters. The summed E-state index contributed by atoms with van der Waals surface area (Å²) in [5.74, 6) is 2.25. The zero-order valence-corrected chi connectivity index (χ0v) is 11.3. The summed E-state index contributed by atoms with van der Waals surface area (Å²) in [6, 6.07) is 2.48. The van der Waals surface area contributed by atoms with Gasteiger partial charge < -0.3 is 5.73 Å². The van der Waals surface area contributed by atoms with Gasteiger partial charge in [0.1, 0.15) is 0 Å². The summed E-state index contributed by atoms with van der Waals surface area (Å²) in [7, 11) is 1.97. The molecule has 1 aromatic rings. The zero-order valence-electron chi connectivity index (χ0n) is 11.3. The van der Waals surface area contributed by atoms with Crippen molar-refractivity contribution in [2.75, 3.05) is 0 Å². The van der Waals surface area contributed by atoms with Gasteiger partial charge in [-0.1, -0.05) is 13.8 Å². The number of hydrogen-bond donors (Lipinski definition) is 1. The molecule has 3 atom stereocenters. The SMILES string of the molecule is CC(C)C1CCC(N)C(Cc2ccn(C)n2)C1. The summed E-state index contributed by atoms with van der Waals surface area (Å²) in [5, 5.41) is 4.47. The molecule has 1 fully saturated rings. The highest BCUT2D eigenvalue weighted by atomic mass is 15.2. The Morgan fingerprint density at radius 1 is 1.47 bits per heavy atom. The van der Waals surface area contributed by atoms with Crippen LogP contribution in [0.4, 0.5) is 0 Å². The van der Waals surface area contributed by atoms with Gasteiger partial charge in [-0.25, -0.2) is 0 Å². The minimum absolute atomic E-state index is 0.368. The van der Waals surface area contributed by atoms with E-state index in [4.69, 9.17) is 5.73 Å². The molecule has 3 heteroatoms. The lowest BCUT2D eigenvalue weighted by Crippen LogP contribution is -2.38. The first-order valence-corrected chi connectivity index (χ1v) is 6.80. The van der Waals surface area contributed by atoms with Gasteiger partial charge in [-0.05, 0) is 49.5 Å². The Balaban J connectivity index is 1.98. The van der Waals surface area contributed by atoms with E-state index in [2.05, 4.69) is 25.0 Å². The smallest absolute Gasteiger partial charge is 0.0627 e. The Hall–Kier alpha value is -0.830. The highest BCUT2D eigenvalue weighted by Gasteiger charge is 2.30. The van der Waals surface area contributed by atoms with Crippen molar-refractivity contribution in [2.45, 2.75) is 45.6 Å². The maximum absolute atomic E-state index is 6.26. The number of aryl methyl sites for hydroxylation is 1. The Bertz CT molecular complexity index is 356. The molecule has 1 saturated carbocycles. The molecule has 0 amide bonds. The van der Waals surface area contributed by atoms with Gasteiger partial charge in [0.15, 0.2) is 0 Å². The topological polar surface area (TPSA) is 43.8 Å². The molecule has 0 bridgehead atoms. The van der Waals surface area contributed by atoms with Crippen molar-refractivity contribution in [3.8, 4) is 0 Å². The van der Waals surface area contributed by atoms with Crippen molar-refractivity contribution in [1.82, 2.24) is 9.78 Å². The third-order valence-electron chi connectivity index (χ3n) is 4.26. The van der Waals surface area contributed by atoms with Gasteiger partial charge in [0.25, 0.3) is 0 Å². The zero-order chi connectivity index (χ0) is 12.4. The number of hydrogen-bond acceptors (Lipinski definition) is 2. The number of rotatable bonds is 3. The molecule has 0 radical (unpaired) electrons. The largest absolute Gasteiger partial charge is 0.327 e. The second-order valence-electron chi connectivity index (χ2n) is 5.93. The average Bonchev–Trinajstić information content (AvgIpc) is 2.67. The number of nitrogens with two attached hydrogens (primary N) is 1. The van der Waals surface area contributed by atoms with Gasteiger partial charge in [-0.3, -0.25) is 4.68 Å². The first-order chi connectivity index (χ1) is 8.06. The van der Waals surface area contributed by atoms with E-state index >= 15 is 0 Å². The molecular weight excluding hydrogens is 210 g/mol. The molecule has 1 aromatic heterocycles. The fourth-order valence-corrected chi connectivity index (χ4v) is 3.00. The summed E-state index contributed by atoms with van der Waals surface area (Å²) < 4.78 is 1.88. The third kappa shape index (κ3) is 3.09. The van der Waals surface area contributed by atoms with Crippen molar-refractivity contribution < 1.29 is 0 Å². The van der Waals surface area contributed by atoms with Gasteiger partial charge in [-0.2, -0.15) is 5.10 Å². The molecule has 0 saturated heterocycles. The molecule has 1 heterocycles. The average molecular weight is 235 g/mol. The van der Waals surface area contributed by atoms with Crippen molar-refractivity contribution in [1.29, 1.82) is 0 Å². The Morgan fingerprint density at radius 2 is 2.24 bits per heavy atom. The van der Waals surface area contributed by atoms with Crippen LogP contribution in [0.2, 0.25) is 0 Å². The molecule has 17 heavy (non-hydrogen) atoms. The molecule has 96 valence electrons. The van der Waals surface area contributed by atoms with E-state index in [1.165, 1.54) is 25.0 Å². The van der Waals surface area contributed by atoms with Gasteiger partial charge in [0.05, 0.1) is 5.69 Å². The van der Waals surface area contributed by atoms with E-state index in [-0.39, 0.29) is 0 Å². The van der Waals surface area contributed by atoms with Crippen molar-refractivity contribution in [3.63, 3.8) is 0 Å². The fraction of sp³-hybridized carbons (Fsp3) is 0.786. The lowest BCUT2D eigenvalue weighted by atomic mass is 9.72. The summed E-state index contributed by atoms with van der Waals surface area (Å²) in [5.41, 5.74) is 7.45. The second-order valence-corrected chi connectivity index (χ2v) is 5.93. The lowest BCUT2D eigenvalue weighted by molar-refractivity contribution is 0.188. The minimum Gasteiger partial charge on any atom is -0.327 e. The summed E-state index contributed by atoms with van der Waals surface area (Å²) in [6.07, 6.45) is 6.82. The van der Waals surface area contributed by atoms with Crippen LogP contribution in [0.3, 0.4) is 0 Å². The highest BCUT2D eigenvalue weighted by Crippen LogP contribution is 2.34. The van der Waals surface area contributed by atoms with Crippen LogP contribution in [-0.4, -0.2) is 15.8 Å². The number of aromatic nitrogens is 2. The minimum atomic E-state index is 0.368. The predicted octanol–water partition coefficient (Wildman–Crippen LogP) is 2.36. The Labute approximate surface area is 104 Å². The second kappa shape index (κ2) is 5.21. The van der Waals surface area contributed by atoms with Crippen molar-refractivity contribution in [2.24, 2.45) is 30.5 Å². The van der Waals surface area contributed by atoms with Crippen LogP contribution in [0, 0.1) is 17.8 Å². The fourth-order valence-electron chi connectivity index (χ4n) is 3.00. The van der Waals surface area contributed by atoms with E-state index in [1.54, 1.807) is 0 Å². The molecule has 0 spiro atoms. The summed E-state index contributed by atoms with van der Waals surface area (Å²) in [6.45, 7) is 4.67. The standard InChI is InChI=1S/C14H25N3/c1-10(2)11-4-5-14(15)12(8-11)9-13-6-7-17(3)16-13/h6-7,10-12,14H,4-5,8-9,15H2,1-3H3. The van der Waals surface area contributed by atoms with Crippen LogP contribution >= 0.6 is 0 Å². The van der Waals surface area contributed by atoms with Gasteiger partial charge in [0, 0.05) is 19.3 Å². The van der Waals surface area contributed by atoms with Crippen LogP contribution in [0.25, 0.3) is 0 Å². The van der Waals surface area contributed by atoms with Crippen LogP contribution in [-0.2, 0) is 13.5 Å².